The van der Waals surface area contributed by atoms with Gasteiger partial charge in [-0.25, -0.2) is 0 Å². The van der Waals surface area contributed by atoms with Gasteiger partial charge in [-0.15, -0.1) is 0 Å². The van der Waals surface area contributed by atoms with Crippen molar-refractivity contribution in [2.45, 2.75) is 44.6 Å². The van der Waals surface area contributed by atoms with Crippen LogP contribution in [0.15, 0.2) is 12.4 Å². The van der Waals surface area contributed by atoms with Crippen molar-refractivity contribution in [1.82, 2.24) is 15.1 Å². The lowest BCUT2D eigenvalue weighted by molar-refractivity contribution is -0.385. The van der Waals surface area contributed by atoms with Crippen molar-refractivity contribution in [3.05, 3.63) is 22.5 Å². The number of aliphatic hydroxyl groups excluding tert-OH is 1. The topological polar surface area (TPSA) is 102 Å². The van der Waals surface area contributed by atoms with Crippen molar-refractivity contribution in [1.29, 1.82) is 0 Å². The number of nitrogens with zero attached hydrogens (tertiary/aromatic N) is 3. The third-order valence-electron chi connectivity index (χ3n) is 3.37. The van der Waals surface area contributed by atoms with Crippen molar-refractivity contribution in [3.8, 4) is 0 Å². The summed E-state index contributed by atoms with van der Waals surface area (Å²) in [7, 11) is 0. The molecule has 1 aromatic rings. The lowest BCUT2D eigenvalue weighted by atomic mass is 9.89. The fraction of sp³-hybridized carbons (Fsp3) is 0.750. The molecule has 8 nitrogen and oxygen atoms in total. The molecule has 1 saturated carbocycles. The Hall–Kier alpha value is -1.51. The Morgan fingerprint density at radius 1 is 1.70 bits per heavy atom. The molecule has 0 amide bonds. The number of nitrogens with one attached hydrogen (secondary N) is 1. The number of hydrogen-bond donors (Lipinski definition) is 2. The predicted octanol–water partition coefficient (Wildman–Crippen LogP) is 0.309. The van der Waals surface area contributed by atoms with E-state index in [1.807, 2.05) is 6.92 Å². The second-order valence-electron chi connectivity index (χ2n) is 4.99. The van der Waals surface area contributed by atoms with E-state index >= 15 is 0 Å². The highest BCUT2D eigenvalue weighted by Gasteiger charge is 2.29. The van der Waals surface area contributed by atoms with Crippen molar-refractivity contribution >= 4 is 5.69 Å². The summed E-state index contributed by atoms with van der Waals surface area (Å²) in [6.45, 7) is 3.39. The summed E-state index contributed by atoms with van der Waals surface area (Å²) in [6, 6.07) is 0.383. The molecule has 1 aromatic heterocycles. The summed E-state index contributed by atoms with van der Waals surface area (Å²) in [5, 5.41) is 27.5. The summed E-state index contributed by atoms with van der Waals surface area (Å²) in [4.78, 5) is 10.0. The summed E-state index contributed by atoms with van der Waals surface area (Å²) in [5.41, 5.74) is -0.0660. The molecule has 1 aliphatic rings. The van der Waals surface area contributed by atoms with Crippen LogP contribution < -0.4 is 5.32 Å². The first kappa shape index (κ1) is 14.9. The molecule has 1 aliphatic carbocycles. The van der Waals surface area contributed by atoms with Crippen LogP contribution in [0.25, 0.3) is 0 Å². The zero-order valence-electron chi connectivity index (χ0n) is 11.4. The van der Waals surface area contributed by atoms with Crippen molar-refractivity contribution in [3.63, 3.8) is 0 Å². The third kappa shape index (κ3) is 3.99. The Morgan fingerprint density at radius 3 is 3.05 bits per heavy atom. The number of hydrogen-bond acceptors (Lipinski definition) is 6. The molecule has 1 heterocycles. The smallest absolute Gasteiger partial charge is 0.306 e. The SMILES string of the molecule is CCOC1CC(NCC(O)Cn2cc([N+](=O)[O-])cn2)C1. The maximum Gasteiger partial charge on any atom is 0.306 e. The lowest BCUT2D eigenvalue weighted by Crippen LogP contribution is -2.48. The molecule has 0 saturated heterocycles. The Morgan fingerprint density at radius 2 is 2.45 bits per heavy atom. The van der Waals surface area contributed by atoms with Gasteiger partial charge in [-0.3, -0.25) is 14.8 Å². The zero-order valence-corrected chi connectivity index (χ0v) is 11.4. The van der Waals surface area contributed by atoms with E-state index in [9.17, 15) is 15.2 Å². The highest BCUT2D eigenvalue weighted by Crippen LogP contribution is 2.23. The molecule has 0 spiro atoms. The van der Waals surface area contributed by atoms with Crippen molar-refractivity contribution < 1.29 is 14.8 Å². The van der Waals surface area contributed by atoms with Gasteiger partial charge in [-0.1, -0.05) is 0 Å². The van der Waals surface area contributed by atoms with Crippen LogP contribution in [-0.2, 0) is 11.3 Å². The van der Waals surface area contributed by atoms with E-state index < -0.39 is 11.0 Å². The number of rotatable bonds is 8. The van der Waals surface area contributed by atoms with Crippen LogP contribution in [0.5, 0.6) is 0 Å². The van der Waals surface area contributed by atoms with Crippen LogP contribution >= 0.6 is 0 Å². The first-order chi connectivity index (χ1) is 9.58. The molecule has 20 heavy (non-hydrogen) atoms. The monoisotopic (exact) mass is 284 g/mol. The van der Waals surface area contributed by atoms with Crippen LogP contribution in [0.1, 0.15) is 19.8 Å². The Balaban J connectivity index is 1.65. The number of ether oxygens (including phenoxy) is 1. The van der Waals surface area contributed by atoms with E-state index in [1.54, 1.807) is 0 Å². The van der Waals surface area contributed by atoms with Gasteiger partial charge < -0.3 is 15.2 Å². The summed E-state index contributed by atoms with van der Waals surface area (Å²) >= 11 is 0. The normalized spacial score (nSPS) is 23.3. The molecule has 2 N–H and O–H groups in total. The molecule has 1 fully saturated rings. The van der Waals surface area contributed by atoms with E-state index in [4.69, 9.17) is 4.74 Å². The summed E-state index contributed by atoms with van der Waals surface area (Å²) in [5.74, 6) is 0. The number of nitro groups is 1. The Bertz CT molecular complexity index is 444. The van der Waals surface area contributed by atoms with Crippen LogP contribution in [-0.4, -0.2) is 51.2 Å². The molecule has 8 heteroatoms. The molecular weight excluding hydrogens is 264 g/mol. The zero-order chi connectivity index (χ0) is 14.5. The Kier molecular flexibility index (Phi) is 5.05. The minimum Gasteiger partial charge on any atom is -0.390 e. The minimum atomic E-state index is -0.624. The van der Waals surface area contributed by atoms with Gasteiger partial charge >= 0.3 is 5.69 Å². The van der Waals surface area contributed by atoms with Gasteiger partial charge in [-0.05, 0) is 19.8 Å². The highest BCUT2D eigenvalue weighted by atomic mass is 16.6. The van der Waals surface area contributed by atoms with E-state index in [-0.39, 0.29) is 12.2 Å². The third-order valence-corrected chi connectivity index (χ3v) is 3.37. The van der Waals surface area contributed by atoms with Crippen LogP contribution in [0.2, 0.25) is 0 Å². The van der Waals surface area contributed by atoms with Crippen LogP contribution in [0.3, 0.4) is 0 Å². The van der Waals surface area contributed by atoms with Crippen LogP contribution in [0.4, 0.5) is 5.69 Å². The van der Waals surface area contributed by atoms with Crippen molar-refractivity contribution in [2.75, 3.05) is 13.2 Å². The molecule has 0 aromatic carbocycles. The van der Waals surface area contributed by atoms with Gasteiger partial charge in [0.15, 0.2) is 0 Å². The number of aromatic nitrogens is 2. The summed E-state index contributed by atoms with van der Waals surface area (Å²) < 4.78 is 6.84. The van der Waals surface area contributed by atoms with Gasteiger partial charge in [0.1, 0.15) is 12.4 Å². The van der Waals surface area contributed by atoms with Gasteiger partial charge in [0.2, 0.25) is 0 Å². The number of aliphatic hydroxyl groups is 1. The molecule has 0 radical (unpaired) electrons. The molecule has 2 rings (SSSR count). The van der Waals surface area contributed by atoms with Crippen molar-refractivity contribution in [2.24, 2.45) is 0 Å². The predicted molar refractivity (Wildman–Crippen MR) is 71.3 cm³/mol. The molecular formula is C12H20N4O4. The second kappa shape index (κ2) is 6.78. The fourth-order valence-electron chi connectivity index (χ4n) is 2.23. The summed E-state index contributed by atoms with van der Waals surface area (Å²) in [6.07, 6.45) is 4.14. The van der Waals surface area contributed by atoms with E-state index in [2.05, 4.69) is 10.4 Å². The maximum atomic E-state index is 10.5. The van der Waals surface area contributed by atoms with E-state index in [1.165, 1.54) is 17.1 Å². The Labute approximate surface area is 116 Å². The molecule has 1 unspecified atom stereocenters. The van der Waals surface area contributed by atoms with Crippen LogP contribution in [0, 0.1) is 10.1 Å². The quantitative estimate of drug-likeness (QED) is 0.526. The fourth-order valence-corrected chi connectivity index (χ4v) is 2.23. The van der Waals surface area contributed by atoms with E-state index in [0.29, 0.717) is 18.7 Å². The molecule has 0 bridgehead atoms. The van der Waals surface area contributed by atoms with Gasteiger partial charge in [0.05, 0.1) is 23.7 Å². The first-order valence-corrected chi connectivity index (χ1v) is 6.78. The highest BCUT2D eigenvalue weighted by molar-refractivity contribution is 5.20. The maximum absolute atomic E-state index is 10.5. The average Bonchev–Trinajstić information content (AvgIpc) is 2.80. The van der Waals surface area contributed by atoms with Gasteiger partial charge in [0, 0.05) is 19.2 Å². The molecule has 0 aliphatic heterocycles. The average molecular weight is 284 g/mol. The molecule has 1 atom stereocenters. The minimum absolute atomic E-state index is 0.0660. The standard InChI is InChI=1S/C12H20N4O4/c1-2-20-12-3-9(4-12)13-6-11(17)8-15-7-10(5-14-15)16(18)19/h5,7,9,11-13,17H,2-4,6,8H2,1H3. The van der Waals surface area contributed by atoms with E-state index in [0.717, 1.165) is 19.4 Å². The largest absolute Gasteiger partial charge is 0.390 e. The first-order valence-electron chi connectivity index (χ1n) is 6.78. The van der Waals surface area contributed by atoms with Gasteiger partial charge in [0.25, 0.3) is 0 Å². The van der Waals surface area contributed by atoms with Gasteiger partial charge in [-0.2, -0.15) is 5.10 Å². The second-order valence-corrected chi connectivity index (χ2v) is 4.99. The molecule has 112 valence electrons. The lowest BCUT2D eigenvalue weighted by Gasteiger charge is -2.36.